The zero-order valence-electron chi connectivity index (χ0n) is 33.8. The van der Waals surface area contributed by atoms with Crippen LogP contribution in [0.2, 0.25) is 0 Å². The Labute approximate surface area is 395 Å². The SMILES string of the molecule is C.C.C.C.C.CSCc1cc(C)cc(CSC)n1.CSCc1nc2ccc(C)cc2nc1CSC.CSCc1nn(C)nc1CSC.CSCc1nnn(C)c1CSC. The first kappa shape index (κ1) is 64.4. The zero-order chi connectivity index (χ0) is 39.9. The van der Waals surface area contributed by atoms with Crippen molar-refractivity contribution in [2.24, 2.45) is 14.1 Å². The highest BCUT2D eigenvalue weighted by Gasteiger charge is 2.10. The van der Waals surface area contributed by atoms with Crippen LogP contribution in [0.3, 0.4) is 0 Å². The number of thioether (sulfide) groups is 8. The van der Waals surface area contributed by atoms with Gasteiger partial charge >= 0.3 is 0 Å². The maximum Gasteiger partial charge on any atom is 0.0966 e. The van der Waals surface area contributed by atoms with Gasteiger partial charge in [0.1, 0.15) is 0 Å². The second-order valence-electron chi connectivity index (χ2n) is 11.9. The molecule has 1 aromatic carbocycles. The molecule has 0 aliphatic heterocycles. The van der Waals surface area contributed by atoms with Gasteiger partial charge in [-0.1, -0.05) is 48.4 Å². The van der Waals surface area contributed by atoms with Crippen LogP contribution in [-0.2, 0) is 60.1 Å². The van der Waals surface area contributed by atoms with Crippen molar-refractivity contribution < 1.29 is 0 Å². The predicted molar refractivity (Wildman–Crippen MR) is 287 cm³/mol. The molecule has 0 saturated heterocycles. The lowest BCUT2D eigenvalue weighted by Crippen LogP contribution is -2.00. The van der Waals surface area contributed by atoms with Crippen molar-refractivity contribution in [1.29, 1.82) is 0 Å². The van der Waals surface area contributed by atoms with E-state index < -0.39 is 0 Å². The van der Waals surface area contributed by atoms with E-state index in [-0.39, 0.29) is 37.1 Å². The topological polar surface area (TPSA) is 100 Å². The van der Waals surface area contributed by atoms with Crippen LogP contribution >= 0.6 is 94.1 Å². The Hall–Kier alpha value is -1.21. The summed E-state index contributed by atoms with van der Waals surface area (Å²) in [4.78, 5) is 15.7. The fraction of sp³-hybridized carbons (Fsp3) is 0.595. The van der Waals surface area contributed by atoms with Crippen molar-refractivity contribution >= 4 is 105 Å². The highest BCUT2D eigenvalue weighted by Crippen LogP contribution is 2.21. The van der Waals surface area contributed by atoms with Crippen LogP contribution in [0.1, 0.15) is 93.8 Å². The molecule has 0 unspecified atom stereocenters. The first-order valence-electron chi connectivity index (χ1n) is 17.0. The number of hydrogen-bond donors (Lipinski definition) is 0. The Morgan fingerprint density at radius 3 is 1.29 bits per heavy atom. The summed E-state index contributed by atoms with van der Waals surface area (Å²) in [5, 5.41) is 16.7. The highest BCUT2D eigenvalue weighted by molar-refractivity contribution is 7.99. The molecule has 5 aromatic rings. The van der Waals surface area contributed by atoms with Crippen molar-refractivity contribution in [3.05, 3.63) is 87.0 Å². The number of nitrogens with zero attached hydrogens (tertiary/aromatic N) is 9. The Bertz CT molecular complexity index is 1750. The second-order valence-corrected chi connectivity index (χ2v) is 18.8. The smallest absolute Gasteiger partial charge is 0.0966 e. The van der Waals surface area contributed by atoms with E-state index >= 15 is 0 Å². The summed E-state index contributed by atoms with van der Waals surface area (Å²) in [7, 11) is 3.82. The van der Waals surface area contributed by atoms with Crippen LogP contribution in [0.5, 0.6) is 0 Å². The van der Waals surface area contributed by atoms with Crippen LogP contribution in [0, 0.1) is 13.8 Å². The number of rotatable bonds is 16. The Morgan fingerprint density at radius 2 is 0.847 bits per heavy atom. The predicted octanol–water partition coefficient (Wildman–Crippen LogP) is 13.0. The minimum atomic E-state index is 0. The van der Waals surface area contributed by atoms with Gasteiger partial charge in [-0.15, -0.1) is 5.10 Å². The molecule has 4 heterocycles. The largest absolute Gasteiger partial charge is 0.256 e. The molecule has 0 aliphatic rings. The summed E-state index contributed by atoms with van der Waals surface area (Å²) in [5.74, 6) is 7.79. The highest BCUT2D eigenvalue weighted by atomic mass is 32.2. The summed E-state index contributed by atoms with van der Waals surface area (Å²) in [6, 6.07) is 10.6. The van der Waals surface area contributed by atoms with Gasteiger partial charge in [-0.3, -0.25) is 9.67 Å². The minimum absolute atomic E-state index is 0. The molecule has 5 rings (SSSR count). The lowest BCUT2D eigenvalue weighted by atomic mass is 10.2. The lowest BCUT2D eigenvalue weighted by molar-refractivity contribution is 0.645. The molecule has 9 nitrogen and oxygen atoms in total. The molecule has 0 aliphatic carbocycles. The molecule has 0 radical (unpaired) electrons. The maximum absolute atomic E-state index is 4.75. The van der Waals surface area contributed by atoms with Gasteiger partial charge in [0.25, 0.3) is 0 Å². The minimum Gasteiger partial charge on any atom is -0.256 e. The van der Waals surface area contributed by atoms with E-state index in [0.717, 1.165) is 85.5 Å². The number of aromatic nitrogens is 9. The molecule has 0 amide bonds. The van der Waals surface area contributed by atoms with Crippen molar-refractivity contribution in [3.63, 3.8) is 0 Å². The van der Waals surface area contributed by atoms with Gasteiger partial charge in [0.2, 0.25) is 0 Å². The van der Waals surface area contributed by atoms with Crippen LogP contribution < -0.4 is 0 Å². The van der Waals surface area contributed by atoms with E-state index in [4.69, 9.17) is 9.97 Å². The Kier molecular flexibility index (Phi) is 40.8. The van der Waals surface area contributed by atoms with Crippen LogP contribution in [0.4, 0.5) is 0 Å². The molecule has 0 atom stereocenters. The van der Waals surface area contributed by atoms with Gasteiger partial charge in [0.15, 0.2) is 0 Å². The van der Waals surface area contributed by atoms with Gasteiger partial charge in [-0.2, -0.15) is 109 Å². The van der Waals surface area contributed by atoms with E-state index in [0.29, 0.717) is 0 Å². The molecule has 0 N–H and O–H groups in total. The number of aryl methyl sites for hydroxylation is 4. The molecule has 0 saturated carbocycles. The van der Waals surface area contributed by atoms with Gasteiger partial charge in [-0.25, -0.2) is 9.97 Å². The maximum atomic E-state index is 4.75. The summed E-state index contributed by atoms with van der Waals surface area (Å²) >= 11 is 14.4. The molecule has 0 spiro atoms. The van der Waals surface area contributed by atoms with E-state index in [1.165, 1.54) is 28.2 Å². The van der Waals surface area contributed by atoms with E-state index in [2.05, 4.69) is 120 Å². The number of benzene rings is 1. The zero-order valence-corrected chi connectivity index (χ0v) is 40.4. The standard InChI is InChI=1S/C13H16N2S2.C10H15NS2.2C7H13N3S2.5CH4/c1-9-4-5-10-11(6-9)15-13(8-17-3)12(14-10)7-16-2;1-8-4-9(6-12-2)11-10(5-8)7-13-3;1-10-7(5-12-3)6(4-11-2)8-9-10;1-10-8-6(4-11-2)7(9-10)5-12-3;;;;;/h4-6H,7-8H2,1-3H3;4-5H,6-7H2,1-3H3;2*4-5H2,1-3H3;5*1H4. The average molecular weight is 965 g/mol. The molecule has 338 valence electrons. The normalized spacial score (nSPS) is 9.76. The third kappa shape index (κ3) is 23.7. The Morgan fingerprint density at radius 1 is 0.441 bits per heavy atom. The van der Waals surface area contributed by atoms with Crippen LogP contribution in [0.25, 0.3) is 11.0 Å². The monoisotopic (exact) mass is 963 g/mol. The molecule has 0 bridgehead atoms. The third-order valence-electron chi connectivity index (χ3n) is 7.21. The van der Waals surface area contributed by atoms with E-state index in [9.17, 15) is 0 Å². The average Bonchev–Trinajstić information content (AvgIpc) is 3.66. The summed E-state index contributed by atoms with van der Waals surface area (Å²) < 4.78 is 1.86. The molecule has 0 fully saturated rings. The fourth-order valence-electron chi connectivity index (χ4n) is 4.97. The first-order chi connectivity index (χ1) is 26.1. The summed E-state index contributed by atoms with van der Waals surface area (Å²) in [5.41, 5.74) is 13.9. The number of pyridine rings is 1. The van der Waals surface area contributed by atoms with Gasteiger partial charge in [0, 0.05) is 60.1 Å². The lowest BCUT2D eigenvalue weighted by Gasteiger charge is -2.08. The van der Waals surface area contributed by atoms with Crippen molar-refractivity contribution in [3.8, 4) is 0 Å². The van der Waals surface area contributed by atoms with Crippen molar-refractivity contribution in [1.82, 2.24) is 44.9 Å². The molecule has 59 heavy (non-hydrogen) atoms. The molecule has 17 heteroatoms. The van der Waals surface area contributed by atoms with E-state index in [1.807, 2.05) is 42.3 Å². The van der Waals surface area contributed by atoms with Gasteiger partial charge in [0.05, 0.1) is 56.6 Å². The quantitative estimate of drug-likeness (QED) is 0.0937. The third-order valence-corrected chi connectivity index (χ3v) is 11.8. The number of fused-ring (bicyclic) bond motifs is 1. The molecular weight excluding hydrogens is 887 g/mol. The van der Waals surface area contributed by atoms with Gasteiger partial charge in [-0.05, 0) is 99.3 Å². The van der Waals surface area contributed by atoms with Crippen molar-refractivity contribution in [2.45, 2.75) is 97.0 Å². The number of hydrogen-bond acceptors (Lipinski definition) is 15. The summed E-state index contributed by atoms with van der Waals surface area (Å²) in [6.07, 6.45) is 16.8. The van der Waals surface area contributed by atoms with Gasteiger partial charge < -0.3 is 0 Å². The fourth-order valence-corrected chi connectivity index (χ4v) is 8.99. The second kappa shape index (κ2) is 37.4. The Balaban J connectivity index is -0.000000336. The molecular formula is C42H77N9S8. The molecule has 4 aromatic heterocycles. The first-order valence-corrected chi connectivity index (χ1v) is 28.1. The van der Waals surface area contributed by atoms with Crippen LogP contribution in [0.15, 0.2) is 30.3 Å². The van der Waals surface area contributed by atoms with Crippen LogP contribution in [-0.4, -0.2) is 95.0 Å². The van der Waals surface area contributed by atoms with Crippen molar-refractivity contribution in [2.75, 3.05) is 50.0 Å². The summed E-state index contributed by atoms with van der Waals surface area (Å²) in [6.45, 7) is 4.22. The van der Waals surface area contributed by atoms with E-state index in [1.54, 1.807) is 75.4 Å².